The minimum atomic E-state index is -0.780. The van der Waals surface area contributed by atoms with E-state index in [1.165, 1.54) is 23.0 Å². The summed E-state index contributed by atoms with van der Waals surface area (Å²) in [6.45, 7) is 3.65. The molecule has 0 radical (unpaired) electrons. The second kappa shape index (κ2) is 11.0. The summed E-state index contributed by atoms with van der Waals surface area (Å²) in [7, 11) is 3.07. The molecule has 4 aromatic rings. The lowest BCUT2D eigenvalue weighted by Gasteiger charge is -2.25. The second-order valence-electron chi connectivity index (χ2n) is 8.60. The molecule has 0 saturated carbocycles. The monoisotopic (exact) mass is 564 g/mol. The molecule has 1 aliphatic heterocycles. The number of esters is 1. The Morgan fingerprint density at radius 2 is 1.90 bits per heavy atom. The van der Waals surface area contributed by atoms with Crippen molar-refractivity contribution in [3.8, 4) is 22.8 Å². The Morgan fingerprint density at radius 3 is 2.62 bits per heavy atom. The Kier molecular flexibility index (Phi) is 7.45. The van der Waals surface area contributed by atoms with Crippen LogP contribution in [0.2, 0.25) is 5.02 Å². The maximum atomic E-state index is 13.8. The van der Waals surface area contributed by atoms with Crippen LogP contribution in [0.3, 0.4) is 0 Å². The lowest BCUT2D eigenvalue weighted by atomic mass is 9.95. The van der Waals surface area contributed by atoms with Gasteiger partial charge in [0.25, 0.3) is 5.56 Å². The zero-order valence-electron chi connectivity index (χ0n) is 21.7. The molecule has 8 nitrogen and oxygen atoms in total. The van der Waals surface area contributed by atoms with Gasteiger partial charge in [0.1, 0.15) is 11.5 Å². The van der Waals surface area contributed by atoms with E-state index in [0.717, 1.165) is 5.56 Å². The third kappa shape index (κ3) is 4.91. The smallest absolute Gasteiger partial charge is 0.338 e. The number of halogens is 1. The van der Waals surface area contributed by atoms with Crippen LogP contribution in [0, 0.1) is 0 Å². The van der Waals surface area contributed by atoms with Gasteiger partial charge in [-0.1, -0.05) is 41.1 Å². The topological polar surface area (TPSA) is 92.3 Å². The van der Waals surface area contributed by atoms with E-state index in [2.05, 4.69) is 4.99 Å². The second-order valence-corrected chi connectivity index (χ2v) is 10.0. The highest BCUT2D eigenvalue weighted by Gasteiger charge is 2.34. The van der Waals surface area contributed by atoms with Crippen molar-refractivity contribution in [3.05, 3.63) is 102 Å². The number of nitrogens with zero attached hydrogens (tertiary/aromatic N) is 2. The fourth-order valence-electron chi connectivity index (χ4n) is 4.50. The minimum absolute atomic E-state index is 0.185. The fraction of sp³-hybridized carbons (Fsp3) is 0.207. The number of aromatic nitrogens is 1. The first-order chi connectivity index (χ1) is 18.9. The van der Waals surface area contributed by atoms with E-state index < -0.39 is 12.0 Å². The SMILES string of the molecule is CCOC(=O)C1=C(C)N=c2s/c(=C/c3ccc(-c4ccccc4Cl)o3)c(=O)n2[C@H]1c1ccc(OC)c(OC)c1. The highest BCUT2D eigenvalue weighted by atomic mass is 35.5. The molecule has 0 aliphatic carbocycles. The van der Waals surface area contributed by atoms with Gasteiger partial charge in [-0.05, 0) is 55.8 Å². The first-order valence-corrected chi connectivity index (χ1v) is 13.3. The van der Waals surface area contributed by atoms with E-state index in [4.69, 9.17) is 30.2 Å². The molecule has 0 unspecified atom stereocenters. The van der Waals surface area contributed by atoms with Gasteiger partial charge in [0.05, 0.1) is 47.7 Å². The summed E-state index contributed by atoms with van der Waals surface area (Å²) in [5.74, 6) is 1.53. The quantitative estimate of drug-likeness (QED) is 0.301. The van der Waals surface area contributed by atoms with E-state index in [1.54, 1.807) is 63.4 Å². The van der Waals surface area contributed by atoms with Crippen LogP contribution in [0.25, 0.3) is 17.4 Å². The summed E-state index contributed by atoms with van der Waals surface area (Å²) in [5.41, 5.74) is 1.84. The summed E-state index contributed by atoms with van der Waals surface area (Å²) in [6.07, 6.45) is 1.67. The van der Waals surface area contributed by atoms with Gasteiger partial charge in [-0.25, -0.2) is 9.79 Å². The Balaban J connectivity index is 1.67. The highest BCUT2D eigenvalue weighted by Crippen LogP contribution is 2.36. The number of furan rings is 1. The molecule has 200 valence electrons. The van der Waals surface area contributed by atoms with Gasteiger partial charge in [-0.3, -0.25) is 9.36 Å². The van der Waals surface area contributed by atoms with Crippen LogP contribution in [0.1, 0.15) is 31.2 Å². The fourth-order valence-corrected chi connectivity index (χ4v) is 5.75. The summed E-state index contributed by atoms with van der Waals surface area (Å²) < 4.78 is 24.1. The average Bonchev–Trinajstić information content (AvgIpc) is 3.52. The van der Waals surface area contributed by atoms with Gasteiger partial charge < -0.3 is 18.6 Å². The largest absolute Gasteiger partial charge is 0.493 e. The first kappa shape index (κ1) is 26.5. The lowest BCUT2D eigenvalue weighted by Crippen LogP contribution is -2.39. The molecule has 0 bridgehead atoms. The van der Waals surface area contributed by atoms with Crippen molar-refractivity contribution in [1.29, 1.82) is 0 Å². The van der Waals surface area contributed by atoms with Gasteiger partial charge in [-0.15, -0.1) is 0 Å². The number of fused-ring (bicyclic) bond motifs is 1. The zero-order valence-corrected chi connectivity index (χ0v) is 23.3. The van der Waals surface area contributed by atoms with Crippen LogP contribution < -0.4 is 24.4 Å². The van der Waals surface area contributed by atoms with Crippen LogP contribution >= 0.6 is 22.9 Å². The van der Waals surface area contributed by atoms with E-state index in [9.17, 15) is 9.59 Å². The molecule has 0 fully saturated rings. The van der Waals surface area contributed by atoms with Crippen LogP contribution in [0.4, 0.5) is 0 Å². The van der Waals surface area contributed by atoms with Crippen molar-refractivity contribution in [2.45, 2.75) is 19.9 Å². The summed E-state index contributed by atoms with van der Waals surface area (Å²) in [5, 5.41) is 0.565. The molecule has 0 spiro atoms. The van der Waals surface area contributed by atoms with Crippen LogP contribution in [-0.4, -0.2) is 31.4 Å². The highest BCUT2D eigenvalue weighted by molar-refractivity contribution is 7.07. The molecule has 2 aromatic heterocycles. The molecule has 2 aromatic carbocycles. The van der Waals surface area contributed by atoms with Crippen molar-refractivity contribution in [2.75, 3.05) is 20.8 Å². The molecular weight excluding hydrogens is 540 g/mol. The minimum Gasteiger partial charge on any atom is -0.493 e. The molecule has 0 amide bonds. The van der Waals surface area contributed by atoms with Crippen molar-refractivity contribution >= 4 is 35.0 Å². The Morgan fingerprint density at radius 1 is 1.13 bits per heavy atom. The summed E-state index contributed by atoms with van der Waals surface area (Å²) in [4.78, 5) is 32.0. The van der Waals surface area contributed by atoms with Gasteiger partial charge in [-0.2, -0.15) is 0 Å². The molecule has 1 aliphatic rings. The predicted octanol–water partition coefficient (Wildman–Crippen LogP) is 4.73. The maximum absolute atomic E-state index is 13.8. The molecular formula is C29H25ClN2O6S. The molecule has 0 N–H and O–H groups in total. The Labute approximate surface area is 233 Å². The van der Waals surface area contributed by atoms with E-state index in [1.807, 2.05) is 18.2 Å². The van der Waals surface area contributed by atoms with Crippen molar-refractivity contribution in [3.63, 3.8) is 0 Å². The molecule has 1 atom stereocenters. The number of rotatable bonds is 7. The third-order valence-electron chi connectivity index (χ3n) is 6.28. The van der Waals surface area contributed by atoms with Crippen LogP contribution in [0.5, 0.6) is 11.5 Å². The molecule has 5 rings (SSSR count). The lowest BCUT2D eigenvalue weighted by molar-refractivity contribution is -0.139. The van der Waals surface area contributed by atoms with Gasteiger partial charge in [0.15, 0.2) is 16.3 Å². The van der Waals surface area contributed by atoms with Crippen molar-refractivity contribution < 1.29 is 23.4 Å². The number of thiazole rings is 1. The van der Waals surface area contributed by atoms with Crippen LogP contribution in [-0.2, 0) is 9.53 Å². The maximum Gasteiger partial charge on any atom is 0.338 e. The number of methoxy groups -OCH3 is 2. The number of carbonyl (C=O) groups excluding carboxylic acids is 1. The summed E-state index contributed by atoms with van der Waals surface area (Å²) >= 11 is 7.53. The molecule has 3 heterocycles. The van der Waals surface area contributed by atoms with Gasteiger partial charge >= 0.3 is 5.97 Å². The number of hydrogen-bond donors (Lipinski definition) is 0. The normalized spacial score (nSPS) is 15.1. The zero-order chi connectivity index (χ0) is 27.7. The molecule has 0 saturated heterocycles. The first-order valence-electron chi connectivity index (χ1n) is 12.1. The molecule has 10 heteroatoms. The number of ether oxygens (including phenoxy) is 3. The Hall–Kier alpha value is -4.08. The van der Waals surface area contributed by atoms with Gasteiger partial charge in [0.2, 0.25) is 0 Å². The standard InChI is InChI=1S/C29H25ClN2O6S/c1-5-37-28(34)25-16(2)31-29-32(26(25)17-10-12-22(35-3)23(14-17)36-4)27(33)24(39-29)15-18-11-13-21(38-18)19-8-6-7-9-20(19)30/h6-15,26H,5H2,1-4H3/b24-15+/t26-/m0/s1. The van der Waals surface area contributed by atoms with Crippen molar-refractivity contribution in [1.82, 2.24) is 4.57 Å². The molecule has 39 heavy (non-hydrogen) atoms. The van der Waals surface area contributed by atoms with Crippen molar-refractivity contribution in [2.24, 2.45) is 4.99 Å². The van der Waals surface area contributed by atoms with E-state index >= 15 is 0 Å². The number of hydrogen-bond acceptors (Lipinski definition) is 8. The summed E-state index contributed by atoms with van der Waals surface area (Å²) in [6, 6.07) is 15.5. The van der Waals surface area contributed by atoms with E-state index in [-0.39, 0.29) is 17.7 Å². The number of carbonyl (C=O) groups is 1. The number of allylic oxidation sites excluding steroid dienone is 1. The Bertz CT molecular complexity index is 1780. The van der Waals surface area contributed by atoms with E-state index in [0.29, 0.717) is 48.6 Å². The predicted molar refractivity (Wildman–Crippen MR) is 149 cm³/mol. The van der Waals surface area contributed by atoms with Gasteiger partial charge in [0, 0.05) is 11.6 Å². The average molecular weight is 565 g/mol. The number of benzene rings is 2. The third-order valence-corrected chi connectivity index (χ3v) is 7.59. The van der Waals surface area contributed by atoms with Crippen LogP contribution in [0.15, 0.2) is 80.1 Å².